The Labute approximate surface area is 250 Å². The summed E-state index contributed by atoms with van der Waals surface area (Å²) in [7, 11) is 0. The Morgan fingerprint density at radius 3 is 2.29 bits per heavy atom. The lowest BCUT2D eigenvalue weighted by molar-refractivity contribution is -0.137. The molecule has 0 saturated carbocycles. The molecule has 0 aliphatic rings. The zero-order chi connectivity index (χ0) is 30.7. The van der Waals surface area contributed by atoms with E-state index in [0.717, 1.165) is 46.8 Å². The van der Waals surface area contributed by atoms with Gasteiger partial charge in [0.2, 0.25) is 5.91 Å². The number of hydrogen-bond donors (Lipinski definition) is 2. The number of nitrogens with zero attached hydrogens (tertiary/aromatic N) is 3. The molecule has 0 atom stereocenters. The number of aryl methyl sites for hydroxylation is 1. The molecule has 0 saturated heterocycles. The van der Waals surface area contributed by atoms with Crippen LogP contribution in [0.5, 0.6) is 0 Å². The van der Waals surface area contributed by atoms with Gasteiger partial charge in [0, 0.05) is 11.3 Å². The zero-order valence-corrected chi connectivity index (χ0v) is 24.9. The lowest BCUT2D eigenvalue weighted by Crippen LogP contribution is -2.25. The fourth-order valence-electron chi connectivity index (χ4n) is 4.03. The van der Waals surface area contributed by atoms with Crippen LogP contribution in [0.1, 0.15) is 53.6 Å². The van der Waals surface area contributed by atoms with Gasteiger partial charge in [-0.25, -0.2) is 0 Å². The molecule has 0 bridgehead atoms. The first-order valence-corrected chi connectivity index (χ1v) is 14.3. The third kappa shape index (κ3) is 7.71. The first kappa shape index (κ1) is 31.1. The second kappa shape index (κ2) is 12.6. The molecule has 2 N–H and O–H groups in total. The van der Waals surface area contributed by atoms with Crippen molar-refractivity contribution in [1.82, 2.24) is 20.1 Å². The van der Waals surface area contributed by atoms with Crippen LogP contribution in [0.25, 0.3) is 5.69 Å². The predicted octanol–water partition coefficient (Wildman–Crippen LogP) is 7.21. The highest BCUT2D eigenvalue weighted by molar-refractivity contribution is 7.99. The van der Waals surface area contributed by atoms with Gasteiger partial charge < -0.3 is 10.6 Å². The topological polar surface area (TPSA) is 88.9 Å². The Morgan fingerprint density at radius 1 is 0.952 bits per heavy atom. The molecule has 2 amide bonds. The van der Waals surface area contributed by atoms with Gasteiger partial charge in [0.05, 0.1) is 28.6 Å². The van der Waals surface area contributed by atoms with Crippen molar-refractivity contribution in [2.45, 2.75) is 51.0 Å². The Hall–Kier alpha value is -3.83. The molecule has 1 aromatic heterocycles. The molecular weight excluding hydrogens is 587 g/mol. The van der Waals surface area contributed by atoms with Crippen LogP contribution in [0.2, 0.25) is 5.02 Å². The quantitative estimate of drug-likeness (QED) is 0.205. The molecule has 7 nitrogen and oxygen atoms in total. The summed E-state index contributed by atoms with van der Waals surface area (Å²) in [6.07, 6.45) is -4.58. The normalized spacial score (nSPS) is 11.8. The van der Waals surface area contributed by atoms with Gasteiger partial charge in [0.1, 0.15) is 0 Å². The number of thioether (sulfide) groups is 1. The maximum atomic E-state index is 13.1. The summed E-state index contributed by atoms with van der Waals surface area (Å²) in [6.45, 7) is 8.28. The van der Waals surface area contributed by atoms with Gasteiger partial charge in [-0.1, -0.05) is 68.4 Å². The summed E-state index contributed by atoms with van der Waals surface area (Å²) in [5.41, 5.74) is 2.21. The maximum absolute atomic E-state index is 13.1. The minimum absolute atomic E-state index is 0.0182. The molecule has 4 aromatic rings. The smallest absolute Gasteiger partial charge is 0.345 e. The fourth-order valence-corrected chi connectivity index (χ4v) is 4.97. The van der Waals surface area contributed by atoms with Crippen molar-refractivity contribution in [3.63, 3.8) is 0 Å². The molecule has 12 heteroatoms. The maximum Gasteiger partial charge on any atom is 0.416 e. The van der Waals surface area contributed by atoms with E-state index in [-0.39, 0.29) is 34.3 Å². The molecule has 0 radical (unpaired) electrons. The molecular formula is C30H29ClF3N5O2S. The number of nitrogens with one attached hydrogen (secondary N) is 2. The van der Waals surface area contributed by atoms with E-state index in [0.29, 0.717) is 16.5 Å². The minimum Gasteiger partial charge on any atom is -0.345 e. The number of amides is 2. The average Bonchev–Trinajstić information content (AvgIpc) is 3.33. The van der Waals surface area contributed by atoms with Crippen LogP contribution < -0.4 is 10.6 Å². The summed E-state index contributed by atoms with van der Waals surface area (Å²) >= 11 is 7.06. The molecule has 0 aliphatic heterocycles. The molecule has 0 unspecified atom stereocenters. The lowest BCUT2D eigenvalue weighted by atomic mass is 9.87. The highest BCUT2D eigenvalue weighted by Gasteiger charge is 2.31. The third-order valence-corrected chi connectivity index (χ3v) is 7.54. The number of halogens is 4. The third-order valence-electron chi connectivity index (χ3n) is 6.28. The van der Waals surface area contributed by atoms with E-state index in [1.807, 2.05) is 43.3 Å². The number of benzene rings is 3. The van der Waals surface area contributed by atoms with Crippen LogP contribution in [0.3, 0.4) is 0 Å². The average molecular weight is 616 g/mol. The first-order valence-electron chi connectivity index (χ1n) is 12.9. The van der Waals surface area contributed by atoms with Crippen molar-refractivity contribution in [2.24, 2.45) is 0 Å². The largest absolute Gasteiger partial charge is 0.416 e. The second-order valence-corrected chi connectivity index (χ2v) is 12.0. The van der Waals surface area contributed by atoms with E-state index in [1.165, 1.54) is 0 Å². The summed E-state index contributed by atoms with van der Waals surface area (Å²) in [4.78, 5) is 25.6. The van der Waals surface area contributed by atoms with Crippen molar-refractivity contribution in [3.8, 4) is 5.69 Å². The molecule has 42 heavy (non-hydrogen) atoms. The van der Waals surface area contributed by atoms with Gasteiger partial charge in [-0.05, 0) is 65.9 Å². The Morgan fingerprint density at radius 2 is 1.64 bits per heavy atom. The van der Waals surface area contributed by atoms with Gasteiger partial charge in [-0.15, -0.1) is 10.2 Å². The molecule has 0 fully saturated rings. The Bertz CT molecular complexity index is 1600. The number of alkyl halides is 3. The number of rotatable bonds is 8. The van der Waals surface area contributed by atoms with E-state index in [4.69, 9.17) is 11.6 Å². The van der Waals surface area contributed by atoms with E-state index < -0.39 is 17.6 Å². The van der Waals surface area contributed by atoms with Crippen molar-refractivity contribution >= 4 is 40.9 Å². The monoisotopic (exact) mass is 615 g/mol. The van der Waals surface area contributed by atoms with Gasteiger partial charge in [-0.3, -0.25) is 14.2 Å². The van der Waals surface area contributed by atoms with E-state index in [9.17, 15) is 22.8 Å². The van der Waals surface area contributed by atoms with Gasteiger partial charge in [-0.2, -0.15) is 13.2 Å². The van der Waals surface area contributed by atoms with Crippen molar-refractivity contribution in [2.75, 3.05) is 11.1 Å². The molecule has 4 rings (SSSR count). The number of carbonyl (C=O) groups is 2. The zero-order valence-electron chi connectivity index (χ0n) is 23.3. The molecule has 1 heterocycles. The number of carbonyl (C=O) groups excluding carboxylic acids is 2. The minimum atomic E-state index is -4.58. The van der Waals surface area contributed by atoms with Crippen LogP contribution in [-0.2, 0) is 22.9 Å². The van der Waals surface area contributed by atoms with Crippen LogP contribution in [0.15, 0.2) is 71.9 Å². The molecule has 0 aliphatic carbocycles. The Kier molecular flexibility index (Phi) is 9.32. The first-order chi connectivity index (χ1) is 19.7. The Balaban J connectivity index is 1.50. The fraction of sp³-hybridized carbons (Fsp3) is 0.267. The molecule has 220 valence electrons. The van der Waals surface area contributed by atoms with Crippen LogP contribution in [0, 0.1) is 6.92 Å². The van der Waals surface area contributed by atoms with Crippen molar-refractivity contribution < 1.29 is 22.8 Å². The van der Waals surface area contributed by atoms with Crippen molar-refractivity contribution in [1.29, 1.82) is 0 Å². The number of hydrogen-bond acceptors (Lipinski definition) is 5. The van der Waals surface area contributed by atoms with Gasteiger partial charge >= 0.3 is 6.18 Å². The van der Waals surface area contributed by atoms with Crippen LogP contribution in [0.4, 0.5) is 18.9 Å². The SMILES string of the molecule is Cc1cccc(-n2c(CNC(=O)c3ccc(C(C)(C)C)cc3)nnc2SCC(=O)Nc2cc(C(F)(F)F)ccc2Cl)c1. The van der Waals surface area contributed by atoms with E-state index in [1.54, 1.807) is 16.7 Å². The lowest BCUT2D eigenvalue weighted by Gasteiger charge is -2.19. The van der Waals surface area contributed by atoms with Gasteiger partial charge in [0.15, 0.2) is 11.0 Å². The second-order valence-electron chi connectivity index (χ2n) is 10.6. The number of anilines is 1. The van der Waals surface area contributed by atoms with E-state index in [2.05, 4.69) is 41.6 Å². The summed E-state index contributed by atoms with van der Waals surface area (Å²) in [5, 5.41) is 14.1. The van der Waals surface area contributed by atoms with Crippen LogP contribution >= 0.6 is 23.4 Å². The summed E-state index contributed by atoms with van der Waals surface area (Å²) < 4.78 is 41.0. The highest BCUT2D eigenvalue weighted by Crippen LogP contribution is 2.34. The standard InChI is InChI=1S/C30H29ClF3N5O2S/c1-18-6-5-7-22(14-18)39-25(16-35-27(41)19-8-10-20(11-9-19)29(2,3)4)37-38-28(39)42-17-26(40)36-24-15-21(30(32,33)34)12-13-23(24)31/h5-15H,16-17H2,1-4H3,(H,35,41)(H,36,40). The van der Waals surface area contributed by atoms with Gasteiger partial charge in [0.25, 0.3) is 5.91 Å². The highest BCUT2D eigenvalue weighted by atomic mass is 35.5. The summed E-state index contributed by atoms with van der Waals surface area (Å²) in [5.74, 6) is -0.596. The molecule has 0 spiro atoms. The van der Waals surface area contributed by atoms with Crippen LogP contribution in [-0.4, -0.2) is 32.3 Å². The van der Waals surface area contributed by atoms with E-state index >= 15 is 0 Å². The predicted molar refractivity (Wildman–Crippen MR) is 158 cm³/mol. The summed E-state index contributed by atoms with van der Waals surface area (Å²) in [6, 6.07) is 17.7. The molecule has 3 aromatic carbocycles. The number of aromatic nitrogens is 3. The van der Waals surface area contributed by atoms with Crippen molar-refractivity contribution in [3.05, 3.63) is 99.8 Å².